The summed E-state index contributed by atoms with van der Waals surface area (Å²) in [4.78, 5) is 11.3. The number of amides is 1. The van der Waals surface area contributed by atoms with E-state index >= 15 is 0 Å². The highest BCUT2D eigenvalue weighted by molar-refractivity contribution is 5.78. The molecule has 1 heterocycles. The van der Waals surface area contributed by atoms with E-state index in [4.69, 9.17) is 0 Å². The van der Waals surface area contributed by atoms with Gasteiger partial charge in [-0.25, -0.2) is 0 Å². The number of aryl methyl sites for hydroxylation is 1. The molecule has 4 heteroatoms. The Hall–Kier alpha value is -1.29. The molecule has 84 valence electrons. The molecule has 0 bridgehead atoms. The van der Waals surface area contributed by atoms with Gasteiger partial charge in [0, 0.05) is 32.0 Å². The molecule has 1 amide bonds. The Bertz CT molecular complexity index is 317. The highest BCUT2D eigenvalue weighted by Crippen LogP contribution is 1.97. The highest BCUT2D eigenvalue weighted by Gasteiger charge is 2.02. The maximum atomic E-state index is 11.3. The summed E-state index contributed by atoms with van der Waals surface area (Å²) in [6.45, 7) is 5.00. The van der Waals surface area contributed by atoms with Crippen molar-refractivity contribution in [1.82, 2.24) is 15.2 Å². The summed E-state index contributed by atoms with van der Waals surface area (Å²) >= 11 is 0. The van der Waals surface area contributed by atoms with E-state index in [-0.39, 0.29) is 11.9 Å². The predicted octanol–water partition coefficient (Wildman–Crippen LogP) is 0.639. The minimum absolute atomic E-state index is 0.0425. The quantitative estimate of drug-likeness (QED) is 0.747. The second kappa shape index (κ2) is 5.56. The molecule has 0 fully saturated rings. The number of nitrogens with zero attached hydrogens (tertiary/aromatic N) is 1. The summed E-state index contributed by atoms with van der Waals surface area (Å²) in [5.74, 6) is 0.0425. The van der Waals surface area contributed by atoms with Crippen molar-refractivity contribution >= 4 is 5.91 Å². The number of aromatic nitrogens is 1. The van der Waals surface area contributed by atoms with Crippen molar-refractivity contribution in [3.8, 4) is 0 Å². The first kappa shape index (κ1) is 11.8. The minimum atomic E-state index is 0.0425. The second-order valence-corrected chi connectivity index (χ2v) is 4.01. The van der Waals surface area contributed by atoms with E-state index in [1.807, 2.05) is 43.9 Å². The Balaban J connectivity index is 2.19. The SMILES string of the molecule is CC(C)NC(=O)CNCc1ccn(C)c1. The van der Waals surface area contributed by atoms with Crippen LogP contribution in [0, 0.1) is 0 Å². The van der Waals surface area contributed by atoms with Crippen molar-refractivity contribution in [2.45, 2.75) is 26.4 Å². The fourth-order valence-corrected chi connectivity index (χ4v) is 1.36. The number of rotatable bonds is 5. The zero-order chi connectivity index (χ0) is 11.3. The van der Waals surface area contributed by atoms with Crippen LogP contribution in [-0.4, -0.2) is 23.1 Å². The number of nitrogens with one attached hydrogen (secondary N) is 2. The molecule has 0 aromatic carbocycles. The molecule has 0 aliphatic heterocycles. The number of hydrogen-bond donors (Lipinski definition) is 2. The van der Waals surface area contributed by atoms with Crippen LogP contribution in [0.2, 0.25) is 0 Å². The van der Waals surface area contributed by atoms with Gasteiger partial charge in [0.1, 0.15) is 0 Å². The third-order valence-corrected chi connectivity index (χ3v) is 1.96. The molecule has 15 heavy (non-hydrogen) atoms. The van der Waals surface area contributed by atoms with Gasteiger partial charge in [0.15, 0.2) is 0 Å². The van der Waals surface area contributed by atoms with Crippen molar-refractivity contribution in [2.75, 3.05) is 6.54 Å². The minimum Gasteiger partial charge on any atom is -0.357 e. The van der Waals surface area contributed by atoms with Gasteiger partial charge in [0.25, 0.3) is 0 Å². The second-order valence-electron chi connectivity index (χ2n) is 4.01. The van der Waals surface area contributed by atoms with Crippen LogP contribution in [0.25, 0.3) is 0 Å². The van der Waals surface area contributed by atoms with Gasteiger partial charge in [0.05, 0.1) is 6.54 Å². The van der Waals surface area contributed by atoms with Gasteiger partial charge in [-0.15, -0.1) is 0 Å². The van der Waals surface area contributed by atoms with Crippen molar-refractivity contribution in [2.24, 2.45) is 7.05 Å². The molecule has 0 aliphatic carbocycles. The van der Waals surface area contributed by atoms with Crippen LogP contribution in [0.5, 0.6) is 0 Å². The summed E-state index contributed by atoms with van der Waals surface area (Å²) < 4.78 is 1.99. The maximum absolute atomic E-state index is 11.3. The summed E-state index contributed by atoms with van der Waals surface area (Å²) in [5.41, 5.74) is 1.19. The fraction of sp³-hybridized carbons (Fsp3) is 0.545. The third kappa shape index (κ3) is 4.65. The Morgan fingerprint density at radius 3 is 2.80 bits per heavy atom. The number of hydrogen-bond acceptors (Lipinski definition) is 2. The number of carbonyl (C=O) groups is 1. The standard InChI is InChI=1S/C11H19N3O/c1-9(2)13-11(15)7-12-6-10-4-5-14(3)8-10/h4-5,8-9,12H,6-7H2,1-3H3,(H,13,15). The van der Waals surface area contributed by atoms with Crippen LogP contribution in [-0.2, 0) is 18.4 Å². The van der Waals surface area contributed by atoms with E-state index in [1.54, 1.807) is 0 Å². The molecule has 0 unspecified atom stereocenters. The van der Waals surface area contributed by atoms with E-state index < -0.39 is 0 Å². The molecule has 1 aromatic rings. The van der Waals surface area contributed by atoms with Crippen molar-refractivity contribution < 1.29 is 4.79 Å². The average Bonchev–Trinajstić information content (AvgIpc) is 2.50. The molecule has 2 N–H and O–H groups in total. The molecule has 0 radical (unpaired) electrons. The lowest BCUT2D eigenvalue weighted by molar-refractivity contribution is -0.120. The molecule has 0 spiro atoms. The summed E-state index contributed by atoms with van der Waals surface area (Å²) in [7, 11) is 1.98. The Labute approximate surface area is 90.7 Å². The lowest BCUT2D eigenvalue weighted by atomic mass is 10.3. The van der Waals surface area contributed by atoms with Gasteiger partial charge in [-0.3, -0.25) is 4.79 Å². The first-order chi connectivity index (χ1) is 7.08. The largest absolute Gasteiger partial charge is 0.357 e. The van der Waals surface area contributed by atoms with Crippen molar-refractivity contribution in [3.63, 3.8) is 0 Å². The van der Waals surface area contributed by atoms with Gasteiger partial charge >= 0.3 is 0 Å². The third-order valence-electron chi connectivity index (χ3n) is 1.96. The van der Waals surface area contributed by atoms with E-state index in [0.29, 0.717) is 6.54 Å². The van der Waals surface area contributed by atoms with Gasteiger partial charge in [0.2, 0.25) is 5.91 Å². The first-order valence-corrected chi connectivity index (χ1v) is 5.19. The first-order valence-electron chi connectivity index (χ1n) is 5.19. The van der Waals surface area contributed by atoms with E-state index in [2.05, 4.69) is 10.6 Å². The molecule has 0 atom stereocenters. The lowest BCUT2D eigenvalue weighted by Crippen LogP contribution is -2.37. The predicted molar refractivity (Wildman–Crippen MR) is 60.4 cm³/mol. The molecule has 0 saturated carbocycles. The summed E-state index contributed by atoms with van der Waals surface area (Å²) in [6, 6.07) is 2.24. The smallest absolute Gasteiger partial charge is 0.234 e. The van der Waals surface area contributed by atoms with Crippen LogP contribution < -0.4 is 10.6 Å². The van der Waals surface area contributed by atoms with Crippen LogP contribution in [0.3, 0.4) is 0 Å². The molecular formula is C11H19N3O. The zero-order valence-electron chi connectivity index (χ0n) is 9.58. The average molecular weight is 209 g/mol. The van der Waals surface area contributed by atoms with E-state index in [1.165, 1.54) is 5.56 Å². The monoisotopic (exact) mass is 209 g/mol. The van der Waals surface area contributed by atoms with Gasteiger partial charge < -0.3 is 15.2 Å². The van der Waals surface area contributed by atoms with Crippen molar-refractivity contribution in [1.29, 1.82) is 0 Å². The van der Waals surface area contributed by atoms with Crippen LogP contribution >= 0.6 is 0 Å². The normalized spacial score (nSPS) is 10.7. The molecule has 0 saturated heterocycles. The highest BCUT2D eigenvalue weighted by atomic mass is 16.1. The molecule has 0 aliphatic rings. The summed E-state index contributed by atoms with van der Waals surface area (Å²) in [6.07, 6.45) is 4.03. The number of carbonyl (C=O) groups excluding carboxylic acids is 1. The molecule has 4 nitrogen and oxygen atoms in total. The maximum Gasteiger partial charge on any atom is 0.234 e. The van der Waals surface area contributed by atoms with Gasteiger partial charge in [-0.2, -0.15) is 0 Å². The van der Waals surface area contributed by atoms with Gasteiger partial charge in [-0.1, -0.05) is 0 Å². The van der Waals surface area contributed by atoms with E-state index in [9.17, 15) is 4.79 Å². The van der Waals surface area contributed by atoms with Crippen LogP contribution in [0.15, 0.2) is 18.5 Å². The molecule has 1 aromatic heterocycles. The Kier molecular flexibility index (Phi) is 4.37. The zero-order valence-corrected chi connectivity index (χ0v) is 9.58. The molecular weight excluding hydrogens is 190 g/mol. The summed E-state index contributed by atoms with van der Waals surface area (Å²) in [5, 5.41) is 5.92. The van der Waals surface area contributed by atoms with Crippen LogP contribution in [0.1, 0.15) is 19.4 Å². The topological polar surface area (TPSA) is 46.1 Å². The fourth-order valence-electron chi connectivity index (χ4n) is 1.36. The van der Waals surface area contributed by atoms with Gasteiger partial charge in [-0.05, 0) is 25.5 Å². The Morgan fingerprint density at radius 2 is 2.27 bits per heavy atom. The Morgan fingerprint density at radius 1 is 1.53 bits per heavy atom. The van der Waals surface area contributed by atoms with Crippen LogP contribution in [0.4, 0.5) is 0 Å². The van der Waals surface area contributed by atoms with Crippen molar-refractivity contribution in [3.05, 3.63) is 24.0 Å². The lowest BCUT2D eigenvalue weighted by Gasteiger charge is -2.08. The van der Waals surface area contributed by atoms with E-state index in [0.717, 1.165) is 6.54 Å². The molecule has 1 rings (SSSR count).